The molecule has 0 aliphatic heterocycles. The average molecular weight is 476 g/mol. The summed E-state index contributed by atoms with van der Waals surface area (Å²) in [7, 11) is 0. The van der Waals surface area contributed by atoms with Crippen LogP contribution in [0.15, 0.2) is 60.7 Å². The van der Waals surface area contributed by atoms with Crippen LogP contribution >= 0.6 is 11.6 Å². The second-order valence-corrected chi connectivity index (χ2v) is 7.66. The van der Waals surface area contributed by atoms with Crippen LogP contribution in [0.4, 0.5) is 11.4 Å². The fourth-order valence-electron chi connectivity index (χ4n) is 3.50. The molecule has 34 heavy (non-hydrogen) atoms. The van der Waals surface area contributed by atoms with Crippen LogP contribution < -0.4 is 0 Å². The fourth-order valence-corrected chi connectivity index (χ4v) is 3.62. The minimum absolute atomic E-state index is 0.0461. The van der Waals surface area contributed by atoms with Crippen molar-refractivity contribution < 1.29 is 15.0 Å². The number of nitro groups is 2. The molecule has 0 saturated heterocycles. The second kappa shape index (κ2) is 9.01. The quantitative estimate of drug-likeness (QED) is 0.225. The molecule has 0 unspecified atom stereocenters. The molecule has 0 bridgehead atoms. The molecule has 1 aromatic heterocycles. The number of phenols is 1. The van der Waals surface area contributed by atoms with E-state index in [1.165, 1.54) is 0 Å². The van der Waals surface area contributed by atoms with Crippen LogP contribution in [-0.4, -0.2) is 24.5 Å². The minimum atomic E-state index is -0.929. The number of nitriles is 1. The van der Waals surface area contributed by atoms with Crippen molar-refractivity contribution in [1.29, 1.82) is 5.26 Å². The SMILES string of the molecule is N#C/C(=C\c1cc([N+](=O)[O-])cc([N+](=O)[O-])c1O)c1nc2ccccc2n1Cc1ccc(Cl)cc1. The highest BCUT2D eigenvalue weighted by molar-refractivity contribution is 6.30. The van der Waals surface area contributed by atoms with E-state index < -0.39 is 27.0 Å². The van der Waals surface area contributed by atoms with Crippen molar-refractivity contribution in [3.05, 3.63) is 103 Å². The Hall–Kier alpha value is -4.75. The highest BCUT2D eigenvalue weighted by Crippen LogP contribution is 2.36. The molecule has 0 aliphatic rings. The molecule has 168 valence electrons. The molecule has 1 heterocycles. The summed E-state index contributed by atoms with van der Waals surface area (Å²) in [5, 5.41) is 43.4. The summed E-state index contributed by atoms with van der Waals surface area (Å²) >= 11 is 5.98. The Balaban J connectivity index is 1.92. The Kier molecular flexibility index (Phi) is 5.95. The molecule has 0 aliphatic carbocycles. The van der Waals surface area contributed by atoms with Crippen LogP contribution in [0.2, 0.25) is 5.02 Å². The molecule has 0 amide bonds. The van der Waals surface area contributed by atoms with Crippen molar-refractivity contribution in [1.82, 2.24) is 9.55 Å². The molecular formula is C23H14ClN5O5. The standard InChI is InChI=1S/C23H14ClN5O5/c24-17-7-5-14(6-8-17)13-27-20-4-2-1-3-19(20)26-23(27)16(12-25)9-15-10-18(28(31)32)11-21(22(15)30)29(33)34/h1-11,30H,13H2/b16-9+. The van der Waals surface area contributed by atoms with Gasteiger partial charge in [-0.1, -0.05) is 35.9 Å². The number of fused-ring (bicyclic) bond motifs is 1. The van der Waals surface area contributed by atoms with Crippen LogP contribution in [-0.2, 0) is 6.54 Å². The number of allylic oxidation sites excluding steroid dienone is 1. The summed E-state index contributed by atoms with van der Waals surface area (Å²) in [4.78, 5) is 25.3. The number of aromatic hydroxyl groups is 1. The van der Waals surface area contributed by atoms with Crippen molar-refractivity contribution in [3.63, 3.8) is 0 Å². The summed E-state index contributed by atoms with van der Waals surface area (Å²) in [6, 6.07) is 17.9. The molecule has 1 N–H and O–H groups in total. The monoisotopic (exact) mass is 475 g/mol. The van der Waals surface area contributed by atoms with E-state index >= 15 is 0 Å². The van der Waals surface area contributed by atoms with E-state index in [1.807, 2.05) is 30.3 Å². The zero-order valence-electron chi connectivity index (χ0n) is 17.3. The number of halogens is 1. The van der Waals surface area contributed by atoms with Gasteiger partial charge in [0.05, 0.1) is 32.5 Å². The molecule has 0 fully saturated rings. The number of nitro benzene ring substituents is 2. The molecule has 10 nitrogen and oxygen atoms in total. The normalized spacial score (nSPS) is 11.4. The molecular weight excluding hydrogens is 462 g/mol. The highest BCUT2D eigenvalue weighted by atomic mass is 35.5. The predicted molar refractivity (Wildman–Crippen MR) is 125 cm³/mol. The first-order valence-corrected chi connectivity index (χ1v) is 10.1. The van der Waals surface area contributed by atoms with Gasteiger partial charge in [-0.25, -0.2) is 4.98 Å². The second-order valence-electron chi connectivity index (χ2n) is 7.22. The van der Waals surface area contributed by atoms with Crippen molar-refractivity contribution in [3.8, 4) is 11.8 Å². The van der Waals surface area contributed by atoms with Crippen molar-refractivity contribution in [2.75, 3.05) is 0 Å². The van der Waals surface area contributed by atoms with Gasteiger partial charge >= 0.3 is 5.69 Å². The maximum Gasteiger partial charge on any atom is 0.318 e. The Morgan fingerprint density at radius 3 is 2.47 bits per heavy atom. The van der Waals surface area contributed by atoms with Crippen LogP contribution in [0.3, 0.4) is 0 Å². The number of hydrogen-bond donors (Lipinski definition) is 1. The lowest BCUT2D eigenvalue weighted by Crippen LogP contribution is -2.04. The molecule has 0 radical (unpaired) electrons. The third-order valence-corrected chi connectivity index (χ3v) is 5.33. The summed E-state index contributed by atoms with van der Waals surface area (Å²) < 4.78 is 1.77. The van der Waals surface area contributed by atoms with Gasteiger partial charge in [-0.05, 0) is 35.9 Å². The summed E-state index contributed by atoms with van der Waals surface area (Å²) in [6.07, 6.45) is 1.15. The van der Waals surface area contributed by atoms with Crippen molar-refractivity contribution >= 4 is 45.7 Å². The molecule has 0 saturated carbocycles. The third kappa shape index (κ3) is 4.28. The number of nitrogens with zero attached hydrogens (tertiary/aromatic N) is 5. The average Bonchev–Trinajstić information content (AvgIpc) is 3.17. The number of rotatable bonds is 6. The van der Waals surface area contributed by atoms with Gasteiger partial charge in [-0.3, -0.25) is 20.2 Å². The lowest BCUT2D eigenvalue weighted by Gasteiger charge is -2.10. The van der Waals surface area contributed by atoms with E-state index in [9.17, 15) is 30.6 Å². The number of para-hydroxylation sites is 2. The van der Waals surface area contributed by atoms with E-state index in [0.29, 0.717) is 23.2 Å². The van der Waals surface area contributed by atoms with Gasteiger partial charge in [0, 0.05) is 23.2 Å². The van der Waals surface area contributed by atoms with Crippen molar-refractivity contribution in [2.24, 2.45) is 0 Å². The number of hydrogen-bond acceptors (Lipinski definition) is 7. The van der Waals surface area contributed by atoms with Gasteiger partial charge < -0.3 is 9.67 Å². The Morgan fingerprint density at radius 1 is 1.12 bits per heavy atom. The smallest absolute Gasteiger partial charge is 0.318 e. The highest BCUT2D eigenvalue weighted by Gasteiger charge is 2.24. The van der Waals surface area contributed by atoms with Crippen LogP contribution in [0.1, 0.15) is 17.0 Å². The molecule has 11 heteroatoms. The fraction of sp³-hybridized carbons (Fsp3) is 0.0435. The van der Waals surface area contributed by atoms with E-state index in [-0.39, 0.29) is 17.0 Å². The van der Waals surface area contributed by atoms with Gasteiger partial charge in [0.1, 0.15) is 6.07 Å². The minimum Gasteiger partial charge on any atom is -0.502 e. The lowest BCUT2D eigenvalue weighted by molar-refractivity contribution is -0.394. The maximum atomic E-state index is 11.3. The first kappa shape index (κ1) is 22.4. The van der Waals surface area contributed by atoms with E-state index in [0.717, 1.165) is 23.2 Å². The van der Waals surface area contributed by atoms with E-state index in [1.54, 1.807) is 28.8 Å². The molecule has 3 aromatic carbocycles. The van der Waals surface area contributed by atoms with Gasteiger partial charge in [0.25, 0.3) is 5.69 Å². The van der Waals surface area contributed by atoms with Gasteiger partial charge in [0.15, 0.2) is 5.82 Å². The summed E-state index contributed by atoms with van der Waals surface area (Å²) in [5.41, 5.74) is 0.470. The predicted octanol–water partition coefficient (Wildman–Crippen LogP) is 5.32. The lowest BCUT2D eigenvalue weighted by atomic mass is 10.1. The Bertz CT molecular complexity index is 1520. The zero-order chi connectivity index (χ0) is 24.4. The zero-order valence-corrected chi connectivity index (χ0v) is 18.0. The Labute approximate surface area is 196 Å². The molecule has 4 aromatic rings. The van der Waals surface area contributed by atoms with Gasteiger partial charge in [-0.15, -0.1) is 0 Å². The first-order chi connectivity index (χ1) is 16.3. The number of benzene rings is 3. The number of imidazole rings is 1. The van der Waals surface area contributed by atoms with E-state index in [2.05, 4.69) is 4.98 Å². The van der Waals surface area contributed by atoms with E-state index in [4.69, 9.17) is 11.6 Å². The Morgan fingerprint density at radius 2 is 1.82 bits per heavy atom. The molecule has 4 rings (SSSR count). The third-order valence-electron chi connectivity index (χ3n) is 5.08. The molecule has 0 spiro atoms. The van der Waals surface area contributed by atoms with Crippen LogP contribution in [0.5, 0.6) is 5.75 Å². The maximum absolute atomic E-state index is 11.3. The topological polar surface area (TPSA) is 148 Å². The van der Waals surface area contributed by atoms with Crippen LogP contribution in [0.25, 0.3) is 22.7 Å². The van der Waals surface area contributed by atoms with Gasteiger partial charge in [0.2, 0.25) is 5.75 Å². The summed E-state index contributed by atoms with van der Waals surface area (Å²) in [6.45, 7) is 0.326. The van der Waals surface area contributed by atoms with Gasteiger partial charge in [-0.2, -0.15) is 5.26 Å². The number of non-ortho nitro benzene ring substituents is 1. The molecule has 0 atom stereocenters. The number of aromatic nitrogens is 2. The largest absolute Gasteiger partial charge is 0.502 e. The summed E-state index contributed by atoms with van der Waals surface area (Å²) in [5.74, 6) is -0.559. The number of phenolic OH excluding ortho intramolecular Hbond substituents is 1. The van der Waals surface area contributed by atoms with Crippen molar-refractivity contribution in [2.45, 2.75) is 6.54 Å². The van der Waals surface area contributed by atoms with Crippen LogP contribution in [0, 0.1) is 31.6 Å². The first-order valence-electron chi connectivity index (χ1n) is 9.76.